The molecule has 2 rings (SSSR count). The number of carbonyl (C=O) groups is 1. The fraction of sp³-hybridized carbons (Fsp3) is 0.353. The van der Waals surface area contributed by atoms with Gasteiger partial charge in [0.2, 0.25) is 5.91 Å². The molecule has 1 heterocycles. The van der Waals surface area contributed by atoms with Gasteiger partial charge in [-0.1, -0.05) is 6.07 Å². The smallest absolute Gasteiger partial charge is 0.220 e. The highest BCUT2D eigenvalue weighted by Crippen LogP contribution is 2.23. The van der Waals surface area contributed by atoms with E-state index < -0.39 is 0 Å². The Balaban J connectivity index is 1.90. The van der Waals surface area contributed by atoms with Gasteiger partial charge in [-0.3, -0.25) is 4.79 Å². The van der Waals surface area contributed by atoms with Crippen molar-refractivity contribution in [2.45, 2.75) is 25.8 Å². The minimum atomic E-state index is 0.0442. The molecule has 0 saturated heterocycles. The Kier molecular flexibility index (Phi) is 5.83. The van der Waals surface area contributed by atoms with Crippen molar-refractivity contribution < 1.29 is 14.3 Å². The molecule has 2 aromatic rings. The van der Waals surface area contributed by atoms with E-state index in [1.807, 2.05) is 42.6 Å². The highest BCUT2D eigenvalue weighted by molar-refractivity contribution is 7.10. The summed E-state index contributed by atoms with van der Waals surface area (Å²) in [5.41, 5.74) is 1.02. The molecule has 1 N–H and O–H groups in total. The van der Waals surface area contributed by atoms with Crippen molar-refractivity contribution in [1.29, 1.82) is 0 Å². The number of nitrogens with one attached hydrogen (secondary N) is 1. The summed E-state index contributed by atoms with van der Waals surface area (Å²) in [4.78, 5) is 13.2. The maximum atomic E-state index is 12.1. The highest BCUT2D eigenvalue weighted by Gasteiger charge is 2.11. The molecular formula is C17H21NO3S. The van der Waals surface area contributed by atoms with Crippen molar-refractivity contribution >= 4 is 17.2 Å². The second-order valence-corrected chi connectivity index (χ2v) is 6.00. The van der Waals surface area contributed by atoms with Crippen molar-refractivity contribution in [3.05, 3.63) is 46.2 Å². The summed E-state index contributed by atoms with van der Waals surface area (Å²) in [6, 6.07) is 9.75. The van der Waals surface area contributed by atoms with Crippen LogP contribution in [0.3, 0.4) is 0 Å². The van der Waals surface area contributed by atoms with Crippen LogP contribution in [-0.2, 0) is 11.2 Å². The molecule has 1 aromatic carbocycles. The molecule has 0 aliphatic carbocycles. The third-order valence-electron chi connectivity index (χ3n) is 3.40. The maximum Gasteiger partial charge on any atom is 0.220 e. The predicted octanol–water partition coefficient (Wildman–Crippen LogP) is 3.58. The van der Waals surface area contributed by atoms with Gasteiger partial charge in [0.15, 0.2) is 0 Å². The Morgan fingerprint density at radius 3 is 2.45 bits per heavy atom. The number of ether oxygens (including phenoxy) is 2. The second kappa shape index (κ2) is 7.84. The van der Waals surface area contributed by atoms with Crippen molar-refractivity contribution in [2.75, 3.05) is 14.2 Å². The molecular weight excluding hydrogens is 298 g/mol. The van der Waals surface area contributed by atoms with Gasteiger partial charge in [-0.15, -0.1) is 11.3 Å². The average Bonchev–Trinajstić information content (AvgIpc) is 3.07. The zero-order chi connectivity index (χ0) is 15.9. The minimum absolute atomic E-state index is 0.0442. The molecule has 0 spiro atoms. The number of aryl methyl sites for hydroxylation is 1. The van der Waals surface area contributed by atoms with E-state index in [1.165, 1.54) is 0 Å². The lowest BCUT2D eigenvalue weighted by Gasteiger charge is -2.12. The van der Waals surface area contributed by atoms with Crippen LogP contribution in [0.15, 0.2) is 35.7 Å². The van der Waals surface area contributed by atoms with Crippen LogP contribution in [0.25, 0.3) is 0 Å². The van der Waals surface area contributed by atoms with E-state index in [1.54, 1.807) is 25.6 Å². The number of carbonyl (C=O) groups excluding carboxylic acids is 1. The van der Waals surface area contributed by atoms with E-state index >= 15 is 0 Å². The molecule has 0 fully saturated rings. The summed E-state index contributed by atoms with van der Waals surface area (Å²) in [5.74, 6) is 1.52. The van der Waals surface area contributed by atoms with E-state index in [-0.39, 0.29) is 11.9 Å². The molecule has 4 nitrogen and oxygen atoms in total. The SMILES string of the molecule is COc1cc(CCC(=O)NC(C)c2cccs2)cc(OC)c1. The first-order valence-corrected chi connectivity index (χ1v) is 8.05. The third kappa shape index (κ3) is 4.49. The topological polar surface area (TPSA) is 47.6 Å². The van der Waals surface area contributed by atoms with Gasteiger partial charge in [-0.05, 0) is 42.5 Å². The molecule has 118 valence electrons. The van der Waals surface area contributed by atoms with Crippen LogP contribution in [0.4, 0.5) is 0 Å². The van der Waals surface area contributed by atoms with Crippen LogP contribution in [-0.4, -0.2) is 20.1 Å². The lowest BCUT2D eigenvalue weighted by molar-refractivity contribution is -0.121. The summed E-state index contributed by atoms with van der Waals surface area (Å²) >= 11 is 1.65. The number of thiophene rings is 1. The zero-order valence-electron chi connectivity index (χ0n) is 13.1. The van der Waals surface area contributed by atoms with Gasteiger partial charge in [0, 0.05) is 17.4 Å². The fourth-order valence-electron chi connectivity index (χ4n) is 2.19. The molecule has 1 unspecified atom stereocenters. The third-order valence-corrected chi connectivity index (χ3v) is 4.45. The van der Waals surface area contributed by atoms with Gasteiger partial charge >= 0.3 is 0 Å². The van der Waals surface area contributed by atoms with E-state index in [0.717, 1.165) is 21.9 Å². The van der Waals surface area contributed by atoms with Crippen LogP contribution in [0.5, 0.6) is 11.5 Å². The summed E-state index contributed by atoms with van der Waals surface area (Å²) < 4.78 is 10.5. The second-order valence-electron chi connectivity index (χ2n) is 5.03. The largest absolute Gasteiger partial charge is 0.497 e. The number of hydrogen-bond donors (Lipinski definition) is 1. The summed E-state index contributed by atoms with van der Waals surface area (Å²) in [5, 5.41) is 5.03. The number of methoxy groups -OCH3 is 2. The van der Waals surface area contributed by atoms with Crippen molar-refractivity contribution in [3.8, 4) is 11.5 Å². The normalized spacial score (nSPS) is 11.8. The summed E-state index contributed by atoms with van der Waals surface area (Å²) in [6.45, 7) is 2.00. The van der Waals surface area contributed by atoms with E-state index in [4.69, 9.17) is 9.47 Å². The van der Waals surface area contributed by atoms with Crippen LogP contribution in [0.2, 0.25) is 0 Å². The van der Waals surface area contributed by atoms with Crippen LogP contribution in [0.1, 0.15) is 29.8 Å². The molecule has 0 aliphatic rings. The first-order valence-electron chi connectivity index (χ1n) is 7.17. The predicted molar refractivity (Wildman–Crippen MR) is 88.7 cm³/mol. The minimum Gasteiger partial charge on any atom is -0.497 e. The average molecular weight is 319 g/mol. The van der Waals surface area contributed by atoms with Gasteiger partial charge in [0.1, 0.15) is 11.5 Å². The molecule has 22 heavy (non-hydrogen) atoms. The zero-order valence-corrected chi connectivity index (χ0v) is 13.9. The summed E-state index contributed by atoms with van der Waals surface area (Å²) in [7, 11) is 3.24. The molecule has 1 aromatic heterocycles. The molecule has 5 heteroatoms. The lowest BCUT2D eigenvalue weighted by atomic mass is 10.1. The highest BCUT2D eigenvalue weighted by atomic mass is 32.1. The number of hydrogen-bond acceptors (Lipinski definition) is 4. The quantitative estimate of drug-likeness (QED) is 0.848. The maximum absolute atomic E-state index is 12.1. The van der Waals surface area contributed by atoms with Gasteiger partial charge in [-0.2, -0.15) is 0 Å². The molecule has 1 amide bonds. The standard InChI is InChI=1S/C17H21NO3S/c1-12(16-5-4-8-22-16)18-17(19)7-6-13-9-14(20-2)11-15(10-13)21-3/h4-5,8-12H,6-7H2,1-3H3,(H,18,19). The number of amides is 1. The van der Waals surface area contributed by atoms with Crippen molar-refractivity contribution in [1.82, 2.24) is 5.32 Å². The lowest BCUT2D eigenvalue weighted by Crippen LogP contribution is -2.26. The first-order chi connectivity index (χ1) is 10.6. The Morgan fingerprint density at radius 2 is 1.91 bits per heavy atom. The monoisotopic (exact) mass is 319 g/mol. The van der Waals surface area contributed by atoms with E-state index in [2.05, 4.69) is 5.32 Å². The fourth-order valence-corrected chi connectivity index (χ4v) is 2.93. The Bertz CT molecular complexity index is 588. The van der Waals surface area contributed by atoms with Crippen molar-refractivity contribution in [2.24, 2.45) is 0 Å². The molecule has 0 saturated carbocycles. The van der Waals surface area contributed by atoms with Gasteiger partial charge in [0.25, 0.3) is 0 Å². The van der Waals surface area contributed by atoms with Crippen LogP contribution in [0, 0.1) is 0 Å². The first kappa shape index (κ1) is 16.4. The Hall–Kier alpha value is -2.01. The molecule has 0 bridgehead atoms. The van der Waals surface area contributed by atoms with E-state index in [0.29, 0.717) is 12.8 Å². The summed E-state index contributed by atoms with van der Waals surface area (Å²) in [6.07, 6.45) is 1.09. The van der Waals surface area contributed by atoms with Crippen LogP contribution < -0.4 is 14.8 Å². The van der Waals surface area contributed by atoms with Crippen LogP contribution >= 0.6 is 11.3 Å². The van der Waals surface area contributed by atoms with Gasteiger partial charge in [0.05, 0.1) is 20.3 Å². The Labute approximate surface area is 135 Å². The van der Waals surface area contributed by atoms with Crippen molar-refractivity contribution in [3.63, 3.8) is 0 Å². The van der Waals surface area contributed by atoms with Gasteiger partial charge < -0.3 is 14.8 Å². The molecule has 1 atom stereocenters. The number of benzene rings is 1. The Morgan fingerprint density at radius 1 is 1.23 bits per heavy atom. The van der Waals surface area contributed by atoms with E-state index in [9.17, 15) is 4.79 Å². The van der Waals surface area contributed by atoms with Gasteiger partial charge in [-0.25, -0.2) is 0 Å². The number of rotatable bonds is 7. The molecule has 0 aliphatic heterocycles. The molecule has 0 radical (unpaired) electrons.